The second kappa shape index (κ2) is 20.0. The molecule has 6 rings (SSSR count). The second-order valence-electron chi connectivity index (χ2n) is 14.3. The quantitative estimate of drug-likeness (QED) is 0.0966. The number of halogens is 1. The van der Waals surface area contributed by atoms with Crippen molar-refractivity contribution in [3.05, 3.63) is 111 Å². The highest BCUT2D eigenvalue weighted by molar-refractivity contribution is 6.32. The molecule has 14 heteroatoms. The summed E-state index contributed by atoms with van der Waals surface area (Å²) in [6, 6.07) is 20.3. The Kier molecular flexibility index (Phi) is 14.5. The molecule has 2 N–H and O–H groups in total. The summed E-state index contributed by atoms with van der Waals surface area (Å²) < 4.78 is 20.7. The Bertz CT molecular complexity index is 2180. The van der Waals surface area contributed by atoms with Gasteiger partial charge in [0.15, 0.2) is 5.82 Å². The van der Waals surface area contributed by atoms with Crippen LogP contribution in [0.2, 0.25) is 5.02 Å². The summed E-state index contributed by atoms with van der Waals surface area (Å²) in [5, 5.41) is 27.9. The number of pyridine rings is 1. The zero-order chi connectivity index (χ0) is 40.1. The normalized spacial score (nSPS) is 13.3. The third-order valence-electron chi connectivity index (χ3n) is 10.3. The van der Waals surface area contributed by atoms with E-state index in [2.05, 4.69) is 80.2 Å². The van der Waals surface area contributed by atoms with Gasteiger partial charge in [-0.05, 0) is 89.6 Å². The molecule has 1 aliphatic rings. The second-order valence-corrected chi connectivity index (χ2v) is 14.8. The molecule has 298 valence electrons. The minimum absolute atomic E-state index is 0.0480. The molecule has 1 amide bonds. The van der Waals surface area contributed by atoms with Gasteiger partial charge in [-0.1, -0.05) is 41.9 Å². The summed E-state index contributed by atoms with van der Waals surface area (Å²) in [6.07, 6.45) is 6.76. The Hall–Kier alpha value is -5.55. The predicted molar refractivity (Wildman–Crippen MR) is 218 cm³/mol. The number of aryl methyl sites for hydroxylation is 1. The molecule has 0 atom stereocenters. The molecular weight excluding hydrogens is 742 g/mol. The van der Waals surface area contributed by atoms with Crippen LogP contribution in [0.25, 0.3) is 11.1 Å². The number of nitrogens with one attached hydrogen (secondary N) is 2. The van der Waals surface area contributed by atoms with Gasteiger partial charge in [0, 0.05) is 88.7 Å². The monoisotopic (exact) mass is 791 g/mol. The smallest absolute Gasteiger partial charge is 0.217 e. The molecule has 0 radical (unpaired) electrons. The highest BCUT2D eigenvalue weighted by Crippen LogP contribution is 2.36. The van der Waals surface area contributed by atoms with Gasteiger partial charge in [0.05, 0.1) is 17.2 Å². The molecule has 0 bridgehead atoms. The van der Waals surface area contributed by atoms with E-state index in [0.717, 1.165) is 89.4 Å². The van der Waals surface area contributed by atoms with E-state index in [9.17, 15) is 10.1 Å². The molecule has 3 heterocycles. The zero-order valence-electron chi connectivity index (χ0n) is 33.1. The fourth-order valence-electron chi connectivity index (χ4n) is 7.04. The Balaban J connectivity index is 1.10. The van der Waals surface area contributed by atoms with Crippen LogP contribution >= 0.6 is 11.6 Å². The number of nitriles is 1. The first-order valence-corrected chi connectivity index (χ1v) is 19.7. The number of carbonyl (C=O) groups is 1. The van der Waals surface area contributed by atoms with Gasteiger partial charge in [0.1, 0.15) is 36.5 Å². The highest BCUT2D eigenvalue weighted by Gasteiger charge is 2.20. The number of tetrazole rings is 1. The summed E-state index contributed by atoms with van der Waals surface area (Å²) in [7, 11) is 1.81. The maximum atomic E-state index is 11.4. The summed E-state index contributed by atoms with van der Waals surface area (Å²) in [5.41, 5.74) is 7.55. The first kappa shape index (κ1) is 41.1. The lowest BCUT2D eigenvalue weighted by Gasteiger charge is -2.32. The van der Waals surface area contributed by atoms with E-state index in [4.69, 9.17) is 25.8 Å². The van der Waals surface area contributed by atoms with Gasteiger partial charge in [0.25, 0.3) is 0 Å². The molecule has 0 saturated carbocycles. The molecule has 3 aromatic carbocycles. The van der Waals surface area contributed by atoms with Crippen LogP contribution in [-0.2, 0) is 38.0 Å². The topological polar surface area (TPSA) is 152 Å². The third kappa shape index (κ3) is 11.3. The lowest BCUT2D eigenvalue weighted by molar-refractivity contribution is -0.119. The third-order valence-corrected chi connectivity index (χ3v) is 10.6. The highest BCUT2D eigenvalue weighted by atomic mass is 35.5. The van der Waals surface area contributed by atoms with E-state index < -0.39 is 0 Å². The van der Waals surface area contributed by atoms with Crippen LogP contribution in [0.3, 0.4) is 0 Å². The lowest BCUT2D eigenvalue weighted by atomic mass is 9.93. The van der Waals surface area contributed by atoms with Crippen molar-refractivity contribution >= 4 is 17.5 Å². The van der Waals surface area contributed by atoms with Crippen molar-refractivity contribution < 1.29 is 19.0 Å². The van der Waals surface area contributed by atoms with Crippen molar-refractivity contribution in [2.75, 3.05) is 32.8 Å². The number of rotatable bonds is 18. The van der Waals surface area contributed by atoms with Gasteiger partial charge < -0.3 is 29.7 Å². The van der Waals surface area contributed by atoms with Gasteiger partial charge in [-0.2, -0.15) is 5.26 Å². The number of hydrogen-bond acceptors (Lipinski definition) is 11. The maximum absolute atomic E-state index is 11.4. The molecule has 1 aliphatic heterocycles. The predicted octanol–water partition coefficient (Wildman–Crippen LogP) is 6.27. The van der Waals surface area contributed by atoms with E-state index in [0.29, 0.717) is 54.8 Å². The molecule has 1 fully saturated rings. The molecule has 0 unspecified atom stereocenters. The number of benzene rings is 3. The molecular formula is C43H50ClN9O4. The molecule has 57 heavy (non-hydrogen) atoms. The number of likely N-dealkylation sites (tertiary alicyclic amines) is 1. The van der Waals surface area contributed by atoms with Crippen LogP contribution in [0.5, 0.6) is 17.2 Å². The average Bonchev–Trinajstić information content (AvgIpc) is 3.62. The van der Waals surface area contributed by atoms with E-state index in [1.54, 1.807) is 23.9 Å². The van der Waals surface area contributed by atoms with Gasteiger partial charge in [0.2, 0.25) is 5.91 Å². The van der Waals surface area contributed by atoms with Crippen molar-refractivity contribution in [3.63, 3.8) is 0 Å². The number of hydrogen-bond donors (Lipinski definition) is 2. The van der Waals surface area contributed by atoms with Crippen LogP contribution < -0.4 is 24.8 Å². The first-order chi connectivity index (χ1) is 27.7. The van der Waals surface area contributed by atoms with Crippen molar-refractivity contribution in [1.82, 2.24) is 40.7 Å². The van der Waals surface area contributed by atoms with Crippen molar-refractivity contribution in [2.45, 2.75) is 72.3 Å². The number of aromatic nitrogens is 5. The number of carbonyl (C=O) groups excluding carboxylic acids is 1. The Labute approximate surface area is 339 Å². The SMILES string of the molecule is CC(=O)NC1CCN(CCCOc2cccc(-c3cccc(COc4cc(OCc5cncc(C#N)c5)c(CNCCc5nnnn5C)cc4Cl)c3C)c2C)CC1. The van der Waals surface area contributed by atoms with E-state index >= 15 is 0 Å². The fourth-order valence-corrected chi connectivity index (χ4v) is 7.28. The molecule has 0 aliphatic carbocycles. The van der Waals surface area contributed by atoms with E-state index in [1.807, 2.05) is 31.3 Å². The number of ether oxygens (including phenoxy) is 3. The van der Waals surface area contributed by atoms with Crippen LogP contribution in [-0.4, -0.2) is 74.8 Å². The van der Waals surface area contributed by atoms with Crippen LogP contribution in [0.15, 0.2) is 67.0 Å². The summed E-state index contributed by atoms with van der Waals surface area (Å²) in [6.45, 7) is 11.0. The summed E-state index contributed by atoms with van der Waals surface area (Å²) in [5.74, 6) is 2.81. The Morgan fingerprint density at radius 2 is 1.72 bits per heavy atom. The van der Waals surface area contributed by atoms with Crippen molar-refractivity contribution in [3.8, 4) is 34.4 Å². The van der Waals surface area contributed by atoms with Gasteiger partial charge in [-0.3, -0.25) is 9.78 Å². The van der Waals surface area contributed by atoms with Crippen molar-refractivity contribution in [2.24, 2.45) is 7.05 Å². The number of piperidine rings is 1. The Morgan fingerprint density at radius 1 is 0.947 bits per heavy atom. The molecule has 5 aromatic rings. The average molecular weight is 792 g/mol. The summed E-state index contributed by atoms with van der Waals surface area (Å²) >= 11 is 6.85. The fraction of sp³-hybridized carbons (Fsp3) is 0.395. The molecule has 13 nitrogen and oxygen atoms in total. The minimum Gasteiger partial charge on any atom is -0.493 e. The number of nitrogens with zero attached hydrogens (tertiary/aromatic N) is 7. The summed E-state index contributed by atoms with van der Waals surface area (Å²) in [4.78, 5) is 18.0. The van der Waals surface area contributed by atoms with E-state index in [-0.39, 0.29) is 18.6 Å². The van der Waals surface area contributed by atoms with Gasteiger partial charge >= 0.3 is 0 Å². The lowest BCUT2D eigenvalue weighted by Crippen LogP contribution is -2.44. The largest absolute Gasteiger partial charge is 0.493 e. The van der Waals surface area contributed by atoms with Gasteiger partial charge in [-0.25, -0.2) is 4.68 Å². The molecule has 1 saturated heterocycles. The van der Waals surface area contributed by atoms with Crippen molar-refractivity contribution in [1.29, 1.82) is 5.26 Å². The van der Waals surface area contributed by atoms with Crippen LogP contribution in [0.1, 0.15) is 65.4 Å². The van der Waals surface area contributed by atoms with Crippen LogP contribution in [0, 0.1) is 25.2 Å². The Morgan fingerprint density at radius 3 is 2.47 bits per heavy atom. The van der Waals surface area contributed by atoms with Crippen LogP contribution in [0.4, 0.5) is 0 Å². The zero-order valence-corrected chi connectivity index (χ0v) is 33.8. The maximum Gasteiger partial charge on any atom is 0.217 e. The molecule has 2 aromatic heterocycles. The minimum atomic E-state index is 0.0480. The molecule has 0 spiro atoms. The van der Waals surface area contributed by atoms with Gasteiger partial charge in [-0.15, -0.1) is 5.10 Å². The standard InChI is InChI=1S/C43H50ClN9O4/c1-29-34(8-5-9-37(29)38-10-6-11-40(30(38)2)55-19-7-16-53-17-13-36(14-18-53)48-31(3)54)28-57-42-22-41(56-27-33-20-32(23-45)24-47-25-33)35(21-39(42)44)26-46-15-12-43-49-50-51-52(43)4/h5-6,8-11,20-22,24-25,36,46H,7,12-19,26-28H2,1-4H3,(H,48,54). The first-order valence-electron chi connectivity index (χ1n) is 19.3. The number of amides is 1. The van der Waals surface area contributed by atoms with E-state index in [1.165, 1.54) is 6.20 Å².